The van der Waals surface area contributed by atoms with Crippen molar-refractivity contribution in [3.05, 3.63) is 78.0 Å². The molecule has 0 aliphatic carbocycles. The minimum atomic E-state index is -0.811. The van der Waals surface area contributed by atoms with Crippen LogP contribution in [0.5, 0.6) is 0 Å². The minimum absolute atomic E-state index is 0.0547. The normalized spacial score (nSPS) is 12.2. The SMILES string of the molecule is O=C(O)CC(NCc1ccc2ncccc2c1)c1ccccc1. The highest BCUT2D eigenvalue weighted by molar-refractivity contribution is 5.78. The van der Waals surface area contributed by atoms with Gasteiger partial charge in [-0.25, -0.2) is 0 Å². The molecule has 0 saturated heterocycles. The second-order valence-electron chi connectivity index (χ2n) is 5.47. The van der Waals surface area contributed by atoms with Gasteiger partial charge in [0.2, 0.25) is 0 Å². The fourth-order valence-electron chi connectivity index (χ4n) is 2.64. The Morgan fingerprint density at radius 3 is 2.70 bits per heavy atom. The van der Waals surface area contributed by atoms with Gasteiger partial charge in [-0.3, -0.25) is 9.78 Å². The van der Waals surface area contributed by atoms with Crippen LogP contribution in [0.25, 0.3) is 10.9 Å². The van der Waals surface area contributed by atoms with E-state index < -0.39 is 5.97 Å². The van der Waals surface area contributed by atoms with Crippen LogP contribution < -0.4 is 5.32 Å². The molecule has 23 heavy (non-hydrogen) atoms. The number of nitrogens with one attached hydrogen (secondary N) is 1. The Bertz CT molecular complexity index is 803. The molecule has 0 spiro atoms. The van der Waals surface area contributed by atoms with E-state index in [0.717, 1.165) is 22.0 Å². The number of carbonyl (C=O) groups is 1. The molecule has 0 bridgehead atoms. The highest BCUT2D eigenvalue weighted by Crippen LogP contribution is 2.18. The van der Waals surface area contributed by atoms with Crippen LogP contribution >= 0.6 is 0 Å². The number of benzene rings is 2. The molecule has 0 aliphatic rings. The second-order valence-corrected chi connectivity index (χ2v) is 5.47. The van der Waals surface area contributed by atoms with Crippen LogP contribution in [0.15, 0.2) is 66.9 Å². The summed E-state index contributed by atoms with van der Waals surface area (Å²) in [6, 6.07) is 19.5. The lowest BCUT2D eigenvalue weighted by atomic mass is 10.0. The largest absolute Gasteiger partial charge is 0.481 e. The number of hydrogen-bond donors (Lipinski definition) is 2. The van der Waals surface area contributed by atoms with Crippen LogP contribution in [-0.4, -0.2) is 16.1 Å². The number of rotatable bonds is 6. The van der Waals surface area contributed by atoms with Gasteiger partial charge >= 0.3 is 5.97 Å². The van der Waals surface area contributed by atoms with E-state index in [2.05, 4.69) is 16.4 Å². The van der Waals surface area contributed by atoms with E-state index in [4.69, 9.17) is 5.11 Å². The van der Waals surface area contributed by atoms with E-state index in [1.165, 1.54) is 0 Å². The third-order valence-corrected chi connectivity index (χ3v) is 3.80. The van der Waals surface area contributed by atoms with Crippen molar-refractivity contribution < 1.29 is 9.90 Å². The van der Waals surface area contributed by atoms with Gasteiger partial charge in [-0.2, -0.15) is 0 Å². The number of aliphatic carboxylic acids is 1. The lowest BCUT2D eigenvalue weighted by Gasteiger charge is -2.17. The summed E-state index contributed by atoms with van der Waals surface area (Å²) < 4.78 is 0. The average Bonchev–Trinajstić information content (AvgIpc) is 2.59. The van der Waals surface area contributed by atoms with E-state index in [1.807, 2.05) is 54.6 Å². The highest BCUT2D eigenvalue weighted by Gasteiger charge is 2.14. The van der Waals surface area contributed by atoms with E-state index in [1.54, 1.807) is 6.20 Å². The first-order valence-electron chi connectivity index (χ1n) is 7.56. The molecule has 4 nitrogen and oxygen atoms in total. The van der Waals surface area contributed by atoms with E-state index in [0.29, 0.717) is 6.54 Å². The molecule has 0 radical (unpaired) electrons. The molecule has 0 fully saturated rings. The Kier molecular flexibility index (Phi) is 4.64. The highest BCUT2D eigenvalue weighted by atomic mass is 16.4. The van der Waals surface area contributed by atoms with Crippen molar-refractivity contribution in [1.29, 1.82) is 0 Å². The molecule has 0 saturated carbocycles. The maximum atomic E-state index is 11.1. The van der Waals surface area contributed by atoms with Crippen LogP contribution in [0.2, 0.25) is 0 Å². The van der Waals surface area contributed by atoms with Crippen molar-refractivity contribution in [3.8, 4) is 0 Å². The lowest BCUT2D eigenvalue weighted by molar-refractivity contribution is -0.137. The van der Waals surface area contributed by atoms with Crippen molar-refractivity contribution in [3.63, 3.8) is 0 Å². The van der Waals surface area contributed by atoms with Gasteiger partial charge in [-0.15, -0.1) is 0 Å². The summed E-state index contributed by atoms with van der Waals surface area (Å²) in [5.41, 5.74) is 3.05. The molecule has 1 atom stereocenters. The number of hydrogen-bond acceptors (Lipinski definition) is 3. The third-order valence-electron chi connectivity index (χ3n) is 3.80. The fraction of sp³-hybridized carbons (Fsp3) is 0.158. The summed E-state index contributed by atoms with van der Waals surface area (Å²) >= 11 is 0. The number of aromatic nitrogens is 1. The molecule has 0 aliphatic heterocycles. The van der Waals surface area contributed by atoms with Gasteiger partial charge in [0.25, 0.3) is 0 Å². The van der Waals surface area contributed by atoms with Crippen molar-refractivity contribution in [2.45, 2.75) is 19.0 Å². The molecule has 1 unspecified atom stereocenters. The van der Waals surface area contributed by atoms with Gasteiger partial charge in [0.05, 0.1) is 11.9 Å². The molecule has 1 aromatic heterocycles. The molecule has 2 N–H and O–H groups in total. The average molecular weight is 306 g/mol. The predicted octanol–water partition coefficient (Wildman–Crippen LogP) is 3.54. The Labute approximate surface area is 134 Å². The van der Waals surface area contributed by atoms with E-state index >= 15 is 0 Å². The zero-order valence-electron chi connectivity index (χ0n) is 12.6. The van der Waals surface area contributed by atoms with Crippen LogP contribution in [0.3, 0.4) is 0 Å². The molecular formula is C19H18N2O2. The van der Waals surface area contributed by atoms with Gasteiger partial charge in [0.1, 0.15) is 0 Å². The standard InChI is InChI=1S/C19H18N2O2/c22-19(23)12-18(15-5-2-1-3-6-15)21-13-14-8-9-17-16(11-14)7-4-10-20-17/h1-11,18,21H,12-13H2,(H,22,23). The monoisotopic (exact) mass is 306 g/mol. The molecule has 3 rings (SSSR count). The van der Waals surface area contributed by atoms with Gasteiger partial charge in [0, 0.05) is 24.2 Å². The summed E-state index contributed by atoms with van der Waals surface area (Å²) in [7, 11) is 0. The Balaban J connectivity index is 1.75. The van der Waals surface area contributed by atoms with Crippen LogP contribution in [0.1, 0.15) is 23.6 Å². The summed E-state index contributed by atoms with van der Waals surface area (Å²) in [5.74, 6) is -0.811. The first-order valence-corrected chi connectivity index (χ1v) is 7.56. The Hall–Kier alpha value is -2.72. The first-order chi connectivity index (χ1) is 11.2. The Morgan fingerprint density at radius 1 is 1.09 bits per heavy atom. The summed E-state index contributed by atoms with van der Waals surface area (Å²) in [4.78, 5) is 15.4. The zero-order valence-corrected chi connectivity index (χ0v) is 12.6. The van der Waals surface area contributed by atoms with Gasteiger partial charge in [0.15, 0.2) is 0 Å². The third kappa shape index (κ3) is 3.93. The molecule has 2 aromatic carbocycles. The van der Waals surface area contributed by atoms with Crippen molar-refractivity contribution >= 4 is 16.9 Å². The molecule has 3 aromatic rings. The first kappa shape index (κ1) is 15.2. The topological polar surface area (TPSA) is 62.2 Å². The fourth-order valence-corrected chi connectivity index (χ4v) is 2.64. The number of carboxylic acid groups (broad SMARTS) is 1. The number of nitrogens with zero attached hydrogens (tertiary/aromatic N) is 1. The lowest BCUT2D eigenvalue weighted by Crippen LogP contribution is -2.23. The molecule has 4 heteroatoms. The molecule has 116 valence electrons. The van der Waals surface area contributed by atoms with Crippen LogP contribution in [0, 0.1) is 0 Å². The summed E-state index contributed by atoms with van der Waals surface area (Å²) in [6.07, 6.45) is 1.83. The van der Waals surface area contributed by atoms with Crippen molar-refractivity contribution in [2.24, 2.45) is 0 Å². The number of carboxylic acids is 1. The summed E-state index contributed by atoms with van der Waals surface area (Å²) in [6.45, 7) is 0.609. The second kappa shape index (κ2) is 7.03. The molecule has 0 amide bonds. The van der Waals surface area contributed by atoms with Crippen LogP contribution in [0.4, 0.5) is 0 Å². The van der Waals surface area contributed by atoms with Crippen molar-refractivity contribution in [1.82, 2.24) is 10.3 Å². The Morgan fingerprint density at radius 2 is 1.91 bits per heavy atom. The van der Waals surface area contributed by atoms with Gasteiger partial charge in [-0.1, -0.05) is 42.5 Å². The smallest absolute Gasteiger partial charge is 0.305 e. The maximum Gasteiger partial charge on any atom is 0.305 e. The maximum absolute atomic E-state index is 11.1. The van der Waals surface area contributed by atoms with Gasteiger partial charge in [-0.05, 0) is 29.3 Å². The van der Waals surface area contributed by atoms with E-state index in [9.17, 15) is 4.79 Å². The number of pyridine rings is 1. The quantitative estimate of drug-likeness (QED) is 0.731. The van der Waals surface area contributed by atoms with Crippen molar-refractivity contribution in [2.75, 3.05) is 0 Å². The van der Waals surface area contributed by atoms with E-state index in [-0.39, 0.29) is 12.5 Å². The minimum Gasteiger partial charge on any atom is -0.481 e. The van der Waals surface area contributed by atoms with Gasteiger partial charge < -0.3 is 10.4 Å². The number of fused-ring (bicyclic) bond motifs is 1. The predicted molar refractivity (Wildman–Crippen MR) is 90.0 cm³/mol. The summed E-state index contributed by atoms with van der Waals surface area (Å²) in [5, 5.41) is 13.6. The zero-order chi connectivity index (χ0) is 16.1. The molecule has 1 heterocycles. The van der Waals surface area contributed by atoms with Crippen LogP contribution in [-0.2, 0) is 11.3 Å². The molecular weight excluding hydrogens is 288 g/mol.